The van der Waals surface area contributed by atoms with Crippen molar-refractivity contribution in [3.05, 3.63) is 39.6 Å². The van der Waals surface area contributed by atoms with E-state index < -0.39 is 5.66 Å². The number of hydrogen-bond acceptors (Lipinski definition) is 8. The fraction of sp³-hybridized carbons (Fsp3) is 0.421. The minimum absolute atomic E-state index is 0.0312. The molecule has 150 valence electrons. The van der Waals surface area contributed by atoms with Crippen molar-refractivity contribution in [2.75, 3.05) is 24.6 Å². The van der Waals surface area contributed by atoms with E-state index in [0.717, 1.165) is 13.0 Å². The van der Waals surface area contributed by atoms with Crippen LogP contribution in [-0.4, -0.2) is 45.0 Å². The fourth-order valence-corrected chi connectivity index (χ4v) is 4.39. The number of carbonyl (C=O) groups is 1. The Hall–Kier alpha value is -3.45. The van der Waals surface area contributed by atoms with Gasteiger partial charge in [0.15, 0.2) is 5.82 Å². The summed E-state index contributed by atoms with van der Waals surface area (Å²) in [6, 6.07) is 3.52. The second-order valence-corrected chi connectivity index (χ2v) is 7.39. The Morgan fingerprint density at radius 3 is 2.83 bits per heavy atom. The van der Waals surface area contributed by atoms with Gasteiger partial charge in [0.25, 0.3) is 11.5 Å². The van der Waals surface area contributed by atoms with Crippen molar-refractivity contribution in [2.45, 2.75) is 38.4 Å². The molecule has 4 rings (SSSR count). The van der Waals surface area contributed by atoms with Crippen LogP contribution in [0.1, 0.15) is 41.4 Å². The first kappa shape index (κ1) is 18.9. The highest BCUT2D eigenvalue weighted by molar-refractivity contribution is 6.00. The van der Waals surface area contributed by atoms with Gasteiger partial charge in [-0.2, -0.15) is 5.26 Å². The lowest BCUT2D eigenvalue weighted by Crippen LogP contribution is -2.35. The summed E-state index contributed by atoms with van der Waals surface area (Å²) in [7, 11) is 1.87. The molecule has 10 heteroatoms. The number of hydrogen-bond donors (Lipinski definition) is 3. The zero-order valence-electron chi connectivity index (χ0n) is 16.5. The summed E-state index contributed by atoms with van der Waals surface area (Å²) < 4.78 is 1.62. The van der Waals surface area contributed by atoms with E-state index in [4.69, 9.17) is 5.73 Å². The average molecular weight is 394 g/mol. The summed E-state index contributed by atoms with van der Waals surface area (Å²) in [5, 5.41) is 15.4. The molecule has 4 N–H and O–H groups in total. The standard InChI is InChI=1S/C19H22N8O2/c1-10-7-13(25-16-12(8-20)15(21)23-9-24-16)17(28)27-14(10)18(29)26-11(2)19(26,27)5-4-6-22-3/h7,9,11,22H,4-6H2,1-3H3,(H3,21,23,24,25). The number of anilines is 3. The third-order valence-corrected chi connectivity index (χ3v) is 5.82. The molecule has 29 heavy (non-hydrogen) atoms. The molecular formula is C19H22N8O2. The van der Waals surface area contributed by atoms with Gasteiger partial charge in [0.05, 0.1) is 6.04 Å². The summed E-state index contributed by atoms with van der Waals surface area (Å²) in [4.78, 5) is 36.0. The number of nitrogens with two attached hydrogens (primary N) is 1. The van der Waals surface area contributed by atoms with Gasteiger partial charge in [0.1, 0.15) is 40.8 Å². The van der Waals surface area contributed by atoms with E-state index in [-0.39, 0.29) is 40.4 Å². The molecule has 0 bridgehead atoms. The molecule has 2 aromatic rings. The van der Waals surface area contributed by atoms with Crippen molar-refractivity contribution >= 4 is 23.2 Å². The molecule has 4 heterocycles. The number of nitrogens with one attached hydrogen (secondary N) is 2. The quantitative estimate of drug-likeness (QED) is 0.479. The largest absolute Gasteiger partial charge is 0.382 e. The number of aryl methyl sites for hydroxylation is 1. The maximum atomic E-state index is 13.4. The lowest BCUT2D eigenvalue weighted by Gasteiger charge is -2.19. The Balaban J connectivity index is 1.82. The lowest BCUT2D eigenvalue weighted by atomic mass is 10.1. The van der Waals surface area contributed by atoms with Crippen LogP contribution >= 0.6 is 0 Å². The summed E-state index contributed by atoms with van der Waals surface area (Å²) in [5.74, 6) is 0.0714. The summed E-state index contributed by atoms with van der Waals surface area (Å²) in [6.07, 6.45) is 2.73. The number of amides is 1. The molecule has 1 saturated heterocycles. The molecular weight excluding hydrogens is 372 g/mol. The zero-order chi connectivity index (χ0) is 20.9. The predicted molar refractivity (Wildman–Crippen MR) is 107 cm³/mol. The van der Waals surface area contributed by atoms with E-state index in [9.17, 15) is 14.9 Å². The number of nitrogens with zero attached hydrogens (tertiary/aromatic N) is 5. The summed E-state index contributed by atoms with van der Waals surface area (Å²) in [5.41, 5.74) is 6.20. The predicted octanol–water partition coefficient (Wildman–Crippen LogP) is 0.655. The number of nitriles is 1. The summed E-state index contributed by atoms with van der Waals surface area (Å²) in [6.45, 7) is 4.55. The minimum atomic E-state index is -0.633. The molecule has 0 saturated carbocycles. The third kappa shape index (κ3) is 2.51. The lowest BCUT2D eigenvalue weighted by molar-refractivity contribution is 0.0865. The van der Waals surface area contributed by atoms with E-state index in [0.29, 0.717) is 17.7 Å². The van der Waals surface area contributed by atoms with E-state index in [2.05, 4.69) is 20.6 Å². The highest BCUT2D eigenvalue weighted by atomic mass is 16.2. The normalized spacial score (nSPS) is 21.5. The molecule has 1 amide bonds. The average Bonchev–Trinajstić information content (AvgIpc) is 3.16. The molecule has 1 fully saturated rings. The van der Waals surface area contributed by atoms with Gasteiger partial charge in [-0.15, -0.1) is 0 Å². The monoisotopic (exact) mass is 394 g/mol. The van der Waals surface area contributed by atoms with Crippen molar-refractivity contribution < 1.29 is 4.79 Å². The SMILES string of the molecule is CNCCCC12C(C)N1C(=O)c1c(C)cc(Nc3ncnc(N)c3C#N)c(=O)n12. The molecule has 0 aliphatic carbocycles. The van der Waals surface area contributed by atoms with Crippen LogP contribution in [0.4, 0.5) is 17.3 Å². The maximum absolute atomic E-state index is 13.4. The molecule has 0 radical (unpaired) electrons. The summed E-state index contributed by atoms with van der Waals surface area (Å²) >= 11 is 0. The highest BCUT2D eigenvalue weighted by Gasteiger charge is 2.69. The maximum Gasteiger partial charge on any atom is 0.276 e. The van der Waals surface area contributed by atoms with Crippen LogP contribution in [0.2, 0.25) is 0 Å². The first-order valence-electron chi connectivity index (χ1n) is 9.41. The smallest absolute Gasteiger partial charge is 0.276 e. The second kappa shape index (κ2) is 6.56. The number of aromatic nitrogens is 3. The third-order valence-electron chi connectivity index (χ3n) is 5.82. The topological polar surface area (TPSA) is 142 Å². The molecule has 2 aliphatic rings. The minimum Gasteiger partial charge on any atom is -0.382 e. The van der Waals surface area contributed by atoms with Crippen molar-refractivity contribution in [3.8, 4) is 6.07 Å². The van der Waals surface area contributed by atoms with E-state index >= 15 is 0 Å². The van der Waals surface area contributed by atoms with Gasteiger partial charge >= 0.3 is 0 Å². The Morgan fingerprint density at radius 1 is 1.38 bits per heavy atom. The van der Waals surface area contributed by atoms with Crippen molar-refractivity contribution in [3.63, 3.8) is 0 Å². The Bertz CT molecular complexity index is 1120. The van der Waals surface area contributed by atoms with Gasteiger partial charge in [0.2, 0.25) is 0 Å². The van der Waals surface area contributed by atoms with Crippen LogP contribution in [0.25, 0.3) is 0 Å². The van der Waals surface area contributed by atoms with Gasteiger partial charge in [-0.3, -0.25) is 14.2 Å². The number of rotatable bonds is 6. The first-order chi connectivity index (χ1) is 13.9. The van der Waals surface area contributed by atoms with Gasteiger partial charge in [-0.1, -0.05) is 0 Å². The van der Waals surface area contributed by atoms with Gasteiger partial charge in [0, 0.05) is 0 Å². The zero-order valence-corrected chi connectivity index (χ0v) is 16.5. The molecule has 10 nitrogen and oxygen atoms in total. The van der Waals surface area contributed by atoms with Crippen molar-refractivity contribution in [1.82, 2.24) is 24.8 Å². The first-order valence-corrected chi connectivity index (χ1v) is 9.41. The molecule has 0 aromatic carbocycles. The van der Waals surface area contributed by atoms with Crippen LogP contribution in [0, 0.1) is 18.3 Å². The number of fused-ring (bicyclic) bond motifs is 3. The molecule has 2 aliphatic heterocycles. The fourth-order valence-electron chi connectivity index (χ4n) is 4.39. The Labute approximate surface area is 167 Å². The van der Waals surface area contributed by atoms with Crippen LogP contribution in [0.15, 0.2) is 17.2 Å². The highest BCUT2D eigenvalue weighted by Crippen LogP contribution is 2.54. The van der Waals surface area contributed by atoms with E-state index in [1.54, 1.807) is 22.5 Å². The number of pyridine rings is 1. The molecule has 2 aromatic heterocycles. The van der Waals surface area contributed by atoms with Crippen LogP contribution in [0.5, 0.6) is 0 Å². The van der Waals surface area contributed by atoms with Gasteiger partial charge < -0.3 is 21.3 Å². The molecule has 2 unspecified atom stereocenters. The number of nitrogen functional groups attached to an aromatic ring is 1. The van der Waals surface area contributed by atoms with Crippen LogP contribution in [0.3, 0.4) is 0 Å². The molecule has 0 spiro atoms. The van der Waals surface area contributed by atoms with Gasteiger partial charge in [-0.05, 0) is 51.9 Å². The van der Waals surface area contributed by atoms with E-state index in [1.807, 2.05) is 20.0 Å². The number of carbonyl (C=O) groups excluding carboxylic acids is 1. The van der Waals surface area contributed by atoms with Crippen molar-refractivity contribution in [2.24, 2.45) is 0 Å². The Kier molecular flexibility index (Phi) is 4.28. The van der Waals surface area contributed by atoms with Crippen LogP contribution < -0.4 is 21.9 Å². The molecule has 2 atom stereocenters. The van der Waals surface area contributed by atoms with Crippen molar-refractivity contribution in [1.29, 1.82) is 5.26 Å². The van der Waals surface area contributed by atoms with Gasteiger partial charge in [-0.25, -0.2) is 9.97 Å². The Morgan fingerprint density at radius 2 is 2.14 bits per heavy atom. The second-order valence-electron chi connectivity index (χ2n) is 7.39. The van der Waals surface area contributed by atoms with E-state index in [1.165, 1.54) is 6.33 Å². The van der Waals surface area contributed by atoms with Crippen LogP contribution in [-0.2, 0) is 5.66 Å².